The molecule has 0 aliphatic heterocycles. The van der Waals surface area contributed by atoms with Gasteiger partial charge in [0, 0.05) is 5.56 Å². The molecule has 0 bridgehead atoms. The van der Waals surface area contributed by atoms with Crippen molar-refractivity contribution in [1.29, 1.82) is 0 Å². The molecular weight excluding hydrogens is 227 g/mol. The molecule has 88 valence electrons. The maximum Gasteiger partial charge on any atom is 0.339 e. The van der Waals surface area contributed by atoms with Crippen LogP contribution in [0.1, 0.15) is 15.9 Å². The first-order valence-electron chi connectivity index (χ1n) is 4.83. The van der Waals surface area contributed by atoms with Gasteiger partial charge in [-0.05, 0) is 24.3 Å². The highest BCUT2D eigenvalue weighted by molar-refractivity contribution is 5.90. The smallest absolute Gasteiger partial charge is 0.339 e. The summed E-state index contributed by atoms with van der Waals surface area (Å²) in [5, 5.41) is 8.88. The van der Waals surface area contributed by atoms with Crippen LogP contribution in [-0.2, 0) is 6.61 Å². The lowest BCUT2D eigenvalue weighted by Crippen LogP contribution is -2.03. The quantitative estimate of drug-likeness (QED) is 0.886. The number of rotatable bonds is 4. The molecule has 17 heavy (non-hydrogen) atoms. The zero-order valence-corrected chi connectivity index (χ0v) is 8.72. The van der Waals surface area contributed by atoms with Gasteiger partial charge in [0.05, 0.1) is 12.5 Å². The Kier molecular flexibility index (Phi) is 3.09. The Labute approximate surface area is 96.2 Å². The summed E-state index contributed by atoms with van der Waals surface area (Å²) in [5.74, 6) is -1.72. The van der Waals surface area contributed by atoms with E-state index in [2.05, 4.69) is 0 Å². The monoisotopic (exact) mass is 236 g/mol. The third kappa shape index (κ3) is 2.63. The highest BCUT2D eigenvalue weighted by Gasteiger charge is 2.12. The maximum absolute atomic E-state index is 12.9. The third-order valence-corrected chi connectivity index (χ3v) is 2.15. The second-order valence-corrected chi connectivity index (χ2v) is 3.37. The van der Waals surface area contributed by atoms with E-state index >= 15 is 0 Å². The first-order chi connectivity index (χ1) is 8.16. The van der Waals surface area contributed by atoms with Crippen molar-refractivity contribution in [1.82, 2.24) is 0 Å². The van der Waals surface area contributed by atoms with Crippen LogP contribution in [0.5, 0.6) is 5.75 Å². The lowest BCUT2D eigenvalue weighted by Gasteiger charge is -2.07. The van der Waals surface area contributed by atoms with Crippen LogP contribution < -0.4 is 4.74 Å². The first-order valence-corrected chi connectivity index (χ1v) is 4.83. The fourth-order valence-corrected chi connectivity index (χ4v) is 1.33. The van der Waals surface area contributed by atoms with Crippen LogP contribution in [0.2, 0.25) is 0 Å². The van der Waals surface area contributed by atoms with Gasteiger partial charge in [-0.1, -0.05) is 0 Å². The molecule has 0 unspecified atom stereocenters. The van der Waals surface area contributed by atoms with E-state index in [9.17, 15) is 9.18 Å². The molecule has 5 heteroatoms. The van der Waals surface area contributed by atoms with E-state index < -0.39 is 11.8 Å². The summed E-state index contributed by atoms with van der Waals surface area (Å²) >= 11 is 0. The van der Waals surface area contributed by atoms with E-state index in [1.54, 1.807) is 6.07 Å². The van der Waals surface area contributed by atoms with Gasteiger partial charge < -0.3 is 14.3 Å². The molecule has 1 aromatic carbocycles. The number of hydrogen-bond acceptors (Lipinski definition) is 3. The Morgan fingerprint density at radius 1 is 1.41 bits per heavy atom. The van der Waals surface area contributed by atoms with Gasteiger partial charge in [0.25, 0.3) is 0 Å². The highest BCUT2D eigenvalue weighted by atomic mass is 19.1. The molecule has 1 heterocycles. The minimum absolute atomic E-state index is 0.125. The second kappa shape index (κ2) is 4.69. The number of hydrogen-bond donors (Lipinski definition) is 1. The van der Waals surface area contributed by atoms with Gasteiger partial charge in [0.1, 0.15) is 23.7 Å². The molecule has 0 saturated heterocycles. The molecule has 0 saturated carbocycles. The van der Waals surface area contributed by atoms with E-state index in [1.807, 2.05) is 0 Å². The molecule has 1 N–H and O–H groups in total. The molecule has 0 aliphatic carbocycles. The van der Waals surface area contributed by atoms with E-state index in [1.165, 1.54) is 18.6 Å². The van der Waals surface area contributed by atoms with E-state index in [0.717, 1.165) is 17.7 Å². The molecule has 2 aromatic rings. The summed E-state index contributed by atoms with van der Waals surface area (Å²) in [6.07, 6.45) is 2.98. The highest BCUT2D eigenvalue weighted by Crippen LogP contribution is 2.21. The Bertz CT molecular complexity index is 519. The Morgan fingerprint density at radius 2 is 2.24 bits per heavy atom. The minimum Gasteiger partial charge on any atom is -0.488 e. The van der Waals surface area contributed by atoms with E-state index in [0.29, 0.717) is 0 Å². The van der Waals surface area contributed by atoms with Gasteiger partial charge in [-0.3, -0.25) is 0 Å². The van der Waals surface area contributed by atoms with Crippen LogP contribution in [-0.4, -0.2) is 11.1 Å². The molecule has 2 rings (SSSR count). The number of ether oxygens (including phenoxy) is 1. The van der Waals surface area contributed by atoms with Crippen molar-refractivity contribution < 1.29 is 23.4 Å². The Hall–Kier alpha value is -2.30. The average molecular weight is 236 g/mol. The van der Waals surface area contributed by atoms with Crippen LogP contribution in [0.25, 0.3) is 0 Å². The molecule has 0 amide bonds. The number of halogens is 1. The van der Waals surface area contributed by atoms with Crippen molar-refractivity contribution in [2.24, 2.45) is 0 Å². The largest absolute Gasteiger partial charge is 0.488 e. The molecule has 0 spiro atoms. The molecule has 0 radical (unpaired) electrons. The molecule has 4 nitrogen and oxygen atoms in total. The van der Waals surface area contributed by atoms with Crippen molar-refractivity contribution in [2.75, 3.05) is 0 Å². The topological polar surface area (TPSA) is 59.7 Å². The summed E-state index contributed by atoms with van der Waals surface area (Å²) in [5.41, 5.74) is 0.569. The maximum atomic E-state index is 12.9. The Morgan fingerprint density at radius 3 is 2.88 bits per heavy atom. The number of carboxylic acid groups (broad SMARTS) is 1. The SMILES string of the molecule is O=C(O)c1cc(F)ccc1OCc1ccoc1. The van der Waals surface area contributed by atoms with Gasteiger partial charge in [0.2, 0.25) is 0 Å². The second-order valence-electron chi connectivity index (χ2n) is 3.37. The van der Waals surface area contributed by atoms with Crippen molar-refractivity contribution in [3.05, 3.63) is 53.7 Å². The molecular formula is C12H9FO4. The summed E-state index contributed by atoms with van der Waals surface area (Å²) < 4.78 is 23.0. The predicted octanol–water partition coefficient (Wildman–Crippen LogP) is 2.70. The average Bonchev–Trinajstić information content (AvgIpc) is 2.80. The van der Waals surface area contributed by atoms with Crippen molar-refractivity contribution in [3.63, 3.8) is 0 Å². The zero-order chi connectivity index (χ0) is 12.3. The fraction of sp³-hybridized carbons (Fsp3) is 0.0833. The van der Waals surface area contributed by atoms with Crippen LogP contribution >= 0.6 is 0 Å². The normalized spacial score (nSPS) is 10.2. The summed E-state index contributed by atoms with van der Waals surface area (Å²) in [6.45, 7) is 0.169. The standard InChI is InChI=1S/C12H9FO4/c13-9-1-2-11(10(5-9)12(14)15)17-7-8-3-4-16-6-8/h1-6H,7H2,(H,14,15). The van der Waals surface area contributed by atoms with Crippen molar-refractivity contribution in [3.8, 4) is 5.75 Å². The summed E-state index contributed by atoms with van der Waals surface area (Å²) in [4.78, 5) is 10.9. The van der Waals surface area contributed by atoms with Crippen LogP contribution in [0.4, 0.5) is 4.39 Å². The van der Waals surface area contributed by atoms with E-state index in [4.69, 9.17) is 14.3 Å². The minimum atomic E-state index is -1.23. The lowest BCUT2D eigenvalue weighted by atomic mass is 10.2. The van der Waals surface area contributed by atoms with Crippen LogP contribution in [0.15, 0.2) is 41.2 Å². The molecule has 0 aliphatic rings. The summed E-state index contributed by atoms with van der Waals surface area (Å²) in [7, 11) is 0. The first kappa shape index (κ1) is 11.2. The number of carbonyl (C=O) groups is 1. The number of carboxylic acids is 1. The third-order valence-electron chi connectivity index (χ3n) is 2.15. The van der Waals surface area contributed by atoms with Gasteiger partial charge in [-0.2, -0.15) is 0 Å². The van der Waals surface area contributed by atoms with Gasteiger partial charge in [-0.25, -0.2) is 9.18 Å². The zero-order valence-electron chi connectivity index (χ0n) is 8.72. The van der Waals surface area contributed by atoms with Crippen LogP contribution in [0, 0.1) is 5.82 Å². The lowest BCUT2D eigenvalue weighted by molar-refractivity contribution is 0.0691. The number of benzene rings is 1. The van der Waals surface area contributed by atoms with Crippen LogP contribution in [0.3, 0.4) is 0 Å². The number of aromatic carboxylic acids is 1. The fourth-order valence-electron chi connectivity index (χ4n) is 1.33. The number of furan rings is 1. The molecule has 0 atom stereocenters. The predicted molar refractivity (Wildman–Crippen MR) is 56.4 cm³/mol. The van der Waals surface area contributed by atoms with E-state index in [-0.39, 0.29) is 17.9 Å². The Balaban J connectivity index is 2.17. The van der Waals surface area contributed by atoms with Gasteiger partial charge in [0.15, 0.2) is 0 Å². The van der Waals surface area contributed by atoms with Gasteiger partial charge in [-0.15, -0.1) is 0 Å². The van der Waals surface area contributed by atoms with Crippen molar-refractivity contribution >= 4 is 5.97 Å². The van der Waals surface area contributed by atoms with Gasteiger partial charge >= 0.3 is 5.97 Å². The van der Waals surface area contributed by atoms with Crippen molar-refractivity contribution in [2.45, 2.75) is 6.61 Å². The molecule has 0 fully saturated rings. The summed E-state index contributed by atoms with van der Waals surface area (Å²) in [6, 6.07) is 5.06. The molecule has 1 aromatic heterocycles.